The summed E-state index contributed by atoms with van der Waals surface area (Å²) in [7, 11) is 0. The van der Waals surface area contributed by atoms with Gasteiger partial charge < -0.3 is 14.6 Å². The van der Waals surface area contributed by atoms with Crippen LogP contribution in [0, 0.1) is 0 Å². The second kappa shape index (κ2) is 3.41. The maximum Gasteiger partial charge on any atom is 0.335 e. The molecule has 0 radical (unpaired) electrons. The third-order valence-electron chi connectivity index (χ3n) is 1.87. The van der Waals surface area contributed by atoms with Gasteiger partial charge in [0.15, 0.2) is 0 Å². The molecule has 2 rings (SSSR count). The largest absolute Gasteiger partial charge is 0.478 e. The molecule has 1 aromatic carbocycles. The summed E-state index contributed by atoms with van der Waals surface area (Å²) in [5, 5.41) is 8.75. The molecule has 1 heterocycles. The molecular weight excluding hydrogens is 184 g/mol. The van der Waals surface area contributed by atoms with Gasteiger partial charge in [0.25, 0.3) is 6.29 Å². The highest BCUT2D eigenvalue weighted by Crippen LogP contribution is 2.24. The molecule has 1 aliphatic heterocycles. The number of aromatic carboxylic acids is 1. The van der Waals surface area contributed by atoms with Gasteiger partial charge in [-0.15, -0.1) is 0 Å². The van der Waals surface area contributed by atoms with Crippen LogP contribution in [0.25, 0.3) is 0 Å². The van der Waals surface area contributed by atoms with Crippen molar-refractivity contribution in [2.24, 2.45) is 0 Å². The number of carbonyl (C=O) groups is 1. The van der Waals surface area contributed by atoms with Gasteiger partial charge in [0.2, 0.25) is 0 Å². The molecule has 1 aromatic rings. The number of rotatable bonds is 2. The van der Waals surface area contributed by atoms with Crippen molar-refractivity contribution in [3.05, 3.63) is 47.9 Å². The molecule has 4 heteroatoms. The maximum atomic E-state index is 10.7. The Hall–Kier alpha value is -1.97. The summed E-state index contributed by atoms with van der Waals surface area (Å²) >= 11 is 0. The van der Waals surface area contributed by atoms with Crippen molar-refractivity contribution in [2.45, 2.75) is 6.29 Å². The van der Waals surface area contributed by atoms with Crippen molar-refractivity contribution in [3.8, 4) is 0 Å². The van der Waals surface area contributed by atoms with E-state index in [-0.39, 0.29) is 5.56 Å². The third kappa shape index (κ3) is 1.54. The number of hydrogen-bond donors (Lipinski definition) is 1. The van der Waals surface area contributed by atoms with E-state index in [2.05, 4.69) is 0 Å². The molecule has 0 spiro atoms. The van der Waals surface area contributed by atoms with Crippen LogP contribution in [0.5, 0.6) is 0 Å². The molecule has 4 nitrogen and oxygen atoms in total. The Morgan fingerprint density at radius 3 is 2.64 bits per heavy atom. The van der Waals surface area contributed by atoms with Crippen molar-refractivity contribution < 1.29 is 19.4 Å². The van der Waals surface area contributed by atoms with Crippen LogP contribution in [0.2, 0.25) is 0 Å². The van der Waals surface area contributed by atoms with Gasteiger partial charge in [-0.25, -0.2) is 4.79 Å². The second-order valence-corrected chi connectivity index (χ2v) is 2.81. The van der Waals surface area contributed by atoms with Gasteiger partial charge in [0.1, 0.15) is 12.5 Å². The van der Waals surface area contributed by atoms with Gasteiger partial charge in [-0.1, -0.05) is 12.1 Å². The first-order valence-corrected chi connectivity index (χ1v) is 4.06. The fraction of sp³-hybridized carbons (Fsp3) is 0.100. The number of hydrogen-bond acceptors (Lipinski definition) is 3. The topological polar surface area (TPSA) is 55.8 Å². The Morgan fingerprint density at radius 1 is 1.29 bits per heavy atom. The Kier molecular flexibility index (Phi) is 2.10. The average molecular weight is 192 g/mol. The van der Waals surface area contributed by atoms with Gasteiger partial charge in [0, 0.05) is 5.56 Å². The van der Waals surface area contributed by atoms with Gasteiger partial charge in [-0.05, 0) is 12.1 Å². The number of ether oxygens (including phenoxy) is 2. The Labute approximate surface area is 80.4 Å². The first-order chi connectivity index (χ1) is 6.77. The lowest BCUT2D eigenvalue weighted by atomic mass is 10.1. The minimum absolute atomic E-state index is 0.224. The van der Waals surface area contributed by atoms with Gasteiger partial charge in [0.05, 0.1) is 5.56 Å². The highest BCUT2D eigenvalue weighted by molar-refractivity contribution is 5.87. The molecule has 0 amide bonds. The molecular formula is C10H8O4. The summed E-state index contributed by atoms with van der Waals surface area (Å²) in [6.45, 7) is 0. The molecule has 1 N–H and O–H groups in total. The van der Waals surface area contributed by atoms with Crippen molar-refractivity contribution in [3.63, 3.8) is 0 Å². The van der Waals surface area contributed by atoms with Crippen molar-refractivity contribution in [1.29, 1.82) is 0 Å². The molecule has 0 bridgehead atoms. The molecule has 0 unspecified atom stereocenters. The highest BCUT2D eigenvalue weighted by atomic mass is 16.7. The summed E-state index contributed by atoms with van der Waals surface area (Å²) in [5.41, 5.74) is 0.913. The van der Waals surface area contributed by atoms with Crippen LogP contribution in [-0.4, -0.2) is 11.1 Å². The predicted molar refractivity (Wildman–Crippen MR) is 47.5 cm³/mol. The summed E-state index contributed by atoms with van der Waals surface area (Å²) in [6, 6.07) is 6.46. The van der Waals surface area contributed by atoms with E-state index in [0.717, 1.165) is 0 Å². The lowest BCUT2D eigenvalue weighted by molar-refractivity contribution is -0.0246. The standard InChI is InChI=1S/C10H8O4/c11-9(12)7-2-1-3-8(6-7)10-13-4-5-14-10/h1-6,10H,(H,11,12). The molecule has 0 aromatic heterocycles. The molecule has 72 valence electrons. The summed E-state index contributed by atoms with van der Waals surface area (Å²) in [5.74, 6) is -0.960. The van der Waals surface area contributed by atoms with Crippen LogP contribution in [0.4, 0.5) is 0 Å². The van der Waals surface area contributed by atoms with E-state index in [1.807, 2.05) is 0 Å². The molecule has 0 fully saturated rings. The Bertz CT molecular complexity index is 375. The highest BCUT2D eigenvalue weighted by Gasteiger charge is 2.16. The lowest BCUT2D eigenvalue weighted by Crippen LogP contribution is -2.01. The number of carboxylic acid groups (broad SMARTS) is 1. The lowest BCUT2D eigenvalue weighted by Gasteiger charge is -2.10. The number of benzene rings is 1. The number of carboxylic acids is 1. The smallest absolute Gasteiger partial charge is 0.335 e. The molecule has 0 saturated heterocycles. The van der Waals surface area contributed by atoms with Gasteiger partial charge in [-0.2, -0.15) is 0 Å². The quantitative estimate of drug-likeness (QED) is 0.777. The van der Waals surface area contributed by atoms with Crippen molar-refractivity contribution >= 4 is 5.97 Å². The van der Waals surface area contributed by atoms with Crippen LogP contribution in [-0.2, 0) is 9.47 Å². The molecule has 0 saturated carbocycles. The first-order valence-electron chi connectivity index (χ1n) is 4.06. The zero-order chi connectivity index (χ0) is 9.97. The molecule has 0 aliphatic carbocycles. The SMILES string of the molecule is O=C(O)c1cccc(C2OC=CO2)c1. The van der Waals surface area contributed by atoms with E-state index in [9.17, 15) is 4.79 Å². The van der Waals surface area contributed by atoms with E-state index in [4.69, 9.17) is 14.6 Å². The van der Waals surface area contributed by atoms with E-state index < -0.39 is 12.3 Å². The molecule has 0 atom stereocenters. The normalized spacial score (nSPS) is 14.9. The van der Waals surface area contributed by atoms with Crippen molar-refractivity contribution in [2.75, 3.05) is 0 Å². The fourth-order valence-corrected chi connectivity index (χ4v) is 1.21. The first kappa shape index (κ1) is 8.62. The summed E-state index contributed by atoms with van der Waals surface area (Å²) in [6.07, 6.45) is 2.34. The molecule has 1 aliphatic rings. The average Bonchev–Trinajstić information content (AvgIpc) is 2.71. The van der Waals surface area contributed by atoms with Crippen molar-refractivity contribution in [1.82, 2.24) is 0 Å². The zero-order valence-corrected chi connectivity index (χ0v) is 7.21. The van der Waals surface area contributed by atoms with Crippen LogP contribution < -0.4 is 0 Å². The zero-order valence-electron chi connectivity index (χ0n) is 7.21. The van der Waals surface area contributed by atoms with Crippen LogP contribution in [0.3, 0.4) is 0 Å². The van der Waals surface area contributed by atoms with Crippen LogP contribution >= 0.6 is 0 Å². The monoisotopic (exact) mass is 192 g/mol. The third-order valence-corrected chi connectivity index (χ3v) is 1.87. The van der Waals surface area contributed by atoms with E-state index in [1.165, 1.54) is 24.7 Å². The maximum absolute atomic E-state index is 10.7. The fourth-order valence-electron chi connectivity index (χ4n) is 1.21. The predicted octanol–water partition coefficient (Wildman–Crippen LogP) is 1.90. The van der Waals surface area contributed by atoms with E-state index in [1.54, 1.807) is 12.1 Å². The van der Waals surface area contributed by atoms with Crippen LogP contribution in [0.15, 0.2) is 36.8 Å². The van der Waals surface area contributed by atoms with Gasteiger partial charge in [-0.3, -0.25) is 0 Å². The second-order valence-electron chi connectivity index (χ2n) is 2.81. The Balaban J connectivity index is 2.26. The van der Waals surface area contributed by atoms with E-state index in [0.29, 0.717) is 5.56 Å². The summed E-state index contributed by atoms with van der Waals surface area (Å²) in [4.78, 5) is 10.7. The Morgan fingerprint density at radius 2 is 2.00 bits per heavy atom. The summed E-state index contributed by atoms with van der Waals surface area (Å²) < 4.78 is 10.2. The minimum atomic E-state index is -0.960. The van der Waals surface area contributed by atoms with Gasteiger partial charge >= 0.3 is 5.97 Å². The minimum Gasteiger partial charge on any atom is -0.478 e. The molecule has 14 heavy (non-hydrogen) atoms. The van der Waals surface area contributed by atoms with Crippen LogP contribution in [0.1, 0.15) is 22.2 Å². The van der Waals surface area contributed by atoms with E-state index >= 15 is 0 Å².